The van der Waals surface area contributed by atoms with Crippen molar-refractivity contribution >= 4 is 10.9 Å². The Hall–Kier alpha value is -2.86. The van der Waals surface area contributed by atoms with Gasteiger partial charge in [0.25, 0.3) is 5.56 Å². The number of benzene rings is 2. The molecule has 3 heteroatoms. The Balaban J connectivity index is 2.41. The van der Waals surface area contributed by atoms with Gasteiger partial charge in [0.05, 0.1) is 16.6 Å². The molecule has 23 heavy (non-hydrogen) atoms. The standard InChI is InChI=1S/C20H18N2O/c1-3-5-10-15-11-9-14-17-19(15)20(23)22(18(4-2)21-17)16-12-7-6-8-13-16/h6-9,11-14H,3-4H2,1-2H3. The first-order valence-corrected chi connectivity index (χ1v) is 7.85. The molecule has 3 nitrogen and oxygen atoms in total. The number of para-hydroxylation sites is 1. The monoisotopic (exact) mass is 302 g/mol. The molecule has 1 aromatic heterocycles. The second-order valence-electron chi connectivity index (χ2n) is 5.21. The summed E-state index contributed by atoms with van der Waals surface area (Å²) in [5, 5.41) is 0.592. The maximum Gasteiger partial charge on any atom is 0.267 e. The lowest BCUT2D eigenvalue weighted by Gasteiger charge is -2.13. The van der Waals surface area contributed by atoms with Crippen LogP contribution in [0.5, 0.6) is 0 Å². The van der Waals surface area contributed by atoms with Crippen molar-refractivity contribution in [3.05, 3.63) is 70.3 Å². The van der Waals surface area contributed by atoms with Crippen LogP contribution in [-0.2, 0) is 6.42 Å². The first-order valence-electron chi connectivity index (χ1n) is 7.85. The molecule has 3 rings (SSSR count). The second-order valence-corrected chi connectivity index (χ2v) is 5.21. The minimum atomic E-state index is -0.0564. The van der Waals surface area contributed by atoms with E-state index in [4.69, 9.17) is 4.98 Å². The van der Waals surface area contributed by atoms with E-state index in [9.17, 15) is 4.79 Å². The maximum absolute atomic E-state index is 13.1. The lowest BCUT2D eigenvalue weighted by atomic mass is 10.1. The number of fused-ring (bicyclic) bond motifs is 1. The van der Waals surface area contributed by atoms with E-state index in [1.165, 1.54) is 0 Å². The molecule has 2 aromatic carbocycles. The highest BCUT2D eigenvalue weighted by atomic mass is 16.1. The SMILES string of the molecule is CCC#Cc1cccc2nc(CC)n(-c3ccccc3)c(=O)c12. The van der Waals surface area contributed by atoms with Crippen molar-refractivity contribution in [1.82, 2.24) is 9.55 Å². The predicted molar refractivity (Wildman–Crippen MR) is 93.9 cm³/mol. The number of hydrogen-bond acceptors (Lipinski definition) is 2. The zero-order valence-corrected chi connectivity index (χ0v) is 13.3. The smallest absolute Gasteiger partial charge is 0.267 e. The van der Waals surface area contributed by atoms with Crippen molar-refractivity contribution in [2.75, 3.05) is 0 Å². The van der Waals surface area contributed by atoms with Crippen molar-refractivity contribution in [2.24, 2.45) is 0 Å². The van der Waals surface area contributed by atoms with Gasteiger partial charge in [0.1, 0.15) is 5.82 Å². The van der Waals surface area contributed by atoms with Gasteiger partial charge >= 0.3 is 0 Å². The normalized spacial score (nSPS) is 10.3. The largest absolute Gasteiger partial charge is 0.268 e. The van der Waals surface area contributed by atoms with Crippen LogP contribution in [0.2, 0.25) is 0 Å². The van der Waals surface area contributed by atoms with Crippen LogP contribution in [0.1, 0.15) is 31.7 Å². The molecule has 0 spiro atoms. The van der Waals surface area contributed by atoms with E-state index in [0.29, 0.717) is 17.3 Å². The minimum absolute atomic E-state index is 0.0564. The summed E-state index contributed by atoms with van der Waals surface area (Å²) < 4.78 is 1.69. The summed E-state index contributed by atoms with van der Waals surface area (Å²) in [5.41, 5.74) is 2.23. The lowest BCUT2D eigenvalue weighted by Crippen LogP contribution is -2.24. The molecule has 0 saturated carbocycles. The number of rotatable bonds is 2. The average molecular weight is 302 g/mol. The van der Waals surface area contributed by atoms with E-state index < -0.39 is 0 Å². The van der Waals surface area contributed by atoms with Gasteiger partial charge in [-0.25, -0.2) is 4.98 Å². The van der Waals surface area contributed by atoms with Gasteiger partial charge in [0.15, 0.2) is 0 Å². The van der Waals surface area contributed by atoms with Crippen LogP contribution >= 0.6 is 0 Å². The number of nitrogens with zero attached hydrogens (tertiary/aromatic N) is 2. The van der Waals surface area contributed by atoms with Crippen molar-refractivity contribution in [1.29, 1.82) is 0 Å². The Morgan fingerprint density at radius 1 is 1.04 bits per heavy atom. The van der Waals surface area contributed by atoms with E-state index >= 15 is 0 Å². The zero-order valence-electron chi connectivity index (χ0n) is 13.3. The number of aryl methyl sites for hydroxylation is 1. The van der Waals surface area contributed by atoms with Crippen molar-refractivity contribution in [3.63, 3.8) is 0 Å². The third-order valence-electron chi connectivity index (χ3n) is 3.70. The molecule has 0 aliphatic rings. The topological polar surface area (TPSA) is 34.9 Å². The third kappa shape index (κ3) is 2.76. The van der Waals surface area contributed by atoms with E-state index in [-0.39, 0.29) is 5.56 Å². The first kappa shape index (κ1) is 15.1. The summed E-state index contributed by atoms with van der Waals surface area (Å²) in [6, 6.07) is 15.3. The maximum atomic E-state index is 13.1. The van der Waals surface area contributed by atoms with Gasteiger partial charge in [-0.2, -0.15) is 0 Å². The molecule has 0 radical (unpaired) electrons. The summed E-state index contributed by atoms with van der Waals surface area (Å²) in [6.07, 6.45) is 1.44. The summed E-state index contributed by atoms with van der Waals surface area (Å²) in [5.74, 6) is 6.90. The second kappa shape index (κ2) is 6.50. The van der Waals surface area contributed by atoms with Crippen LogP contribution in [0.3, 0.4) is 0 Å². The summed E-state index contributed by atoms with van der Waals surface area (Å²) in [4.78, 5) is 17.8. The van der Waals surface area contributed by atoms with Crippen LogP contribution in [0.25, 0.3) is 16.6 Å². The molecule has 3 aromatic rings. The quantitative estimate of drug-likeness (QED) is 0.676. The molecular formula is C20H18N2O. The molecule has 0 bridgehead atoms. The molecule has 0 atom stereocenters. The van der Waals surface area contributed by atoms with Gasteiger partial charge in [-0.3, -0.25) is 9.36 Å². The first-order chi connectivity index (χ1) is 11.3. The average Bonchev–Trinajstić information content (AvgIpc) is 2.60. The zero-order chi connectivity index (χ0) is 16.2. The Kier molecular flexibility index (Phi) is 4.25. The van der Waals surface area contributed by atoms with Crippen LogP contribution in [0.15, 0.2) is 53.3 Å². The molecule has 0 N–H and O–H groups in total. The van der Waals surface area contributed by atoms with Crippen molar-refractivity contribution < 1.29 is 0 Å². The highest BCUT2D eigenvalue weighted by molar-refractivity contribution is 5.84. The van der Waals surface area contributed by atoms with Crippen molar-refractivity contribution in [2.45, 2.75) is 26.7 Å². The van der Waals surface area contributed by atoms with Gasteiger partial charge in [-0.05, 0) is 24.3 Å². The van der Waals surface area contributed by atoms with E-state index in [1.54, 1.807) is 4.57 Å². The van der Waals surface area contributed by atoms with Crippen LogP contribution in [-0.4, -0.2) is 9.55 Å². The fraction of sp³-hybridized carbons (Fsp3) is 0.200. The molecule has 0 amide bonds. The predicted octanol–water partition coefficient (Wildman–Crippen LogP) is 3.71. The van der Waals surface area contributed by atoms with Gasteiger partial charge in [0, 0.05) is 18.4 Å². The highest BCUT2D eigenvalue weighted by Crippen LogP contribution is 2.16. The van der Waals surface area contributed by atoms with Gasteiger partial charge in [0.2, 0.25) is 0 Å². The van der Waals surface area contributed by atoms with Crippen LogP contribution in [0.4, 0.5) is 0 Å². The van der Waals surface area contributed by atoms with Gasteiger partial charge in [-0.1, -0.05) is 50.0 Å². The number of hydrogen-bond donors (Lipinski definition) is 0. The minimum Gasteiger partial charge on any atom is -0.268 e. The Bertz CT molecular complexity index is 960. The molecule has 0 aliphatic carbocycles. The Morgan fingerprint density at radius 2 is 1.83 bits per heavy atom. The molecule has 0 fully saturated rings. The molecule has 0 aliphatic heterocycles. The van der Waals surface area contributed by atoms with E-state index in [1.807, 2.05) is 62.4 Å². The Labute approximate surface area is 135 Å². The molecule has 0 saturated heterocycles. The number of aromatic nitrogens is 2. The van der Waals surface area contributed by atoms with Crippen molar-refractivity contribution in [3.8, 4) is 17.5 Å². The molecule has 0 unspecified atom stereocenters. The summed E-state index contributed by atoms with van der Waals surface area (Å²) in [7, 11) is 0. The molecule has 114 valence electrons. The molecule has 1 heterocycles. The third-order valence-corrected chi connectivity index (χ3v) is 3.70. The Morgan fingerprint density at radius 3 is 2.52 bits per heavy atom. The van der Waals surface area contributed by atoms with Crippen LogP contribution in [0, 0.1) is 11.8 Å². The summed E-state index contributed by atoms with van der Waals surface area (Å²) >= 11 is 0. The van der Waals surface area contributed by atoms with Crippen LogP contribution < -0.4 is 5.56 Å². The lowest BCUT2D eigenvalue weighted by molar-refractivity contribution is 0.833. The summed E-state index contributed by atoms with van der Waals surface area (Å²) in [6.45, 7) is 4.00. The fourth-order valence-electron chi connectivity index (χ4n) is 2.64. The molecular weight excluding hydrogens is 284 g/mol. The van der Waals surface area contributed by atoms with Gasteiger partial charge in [-0.15, -0.1) is 0 Å². The van der Waals surface area contributed by atoms with E-state index in [0.717, 1.165) is 23.5 Å². The highest BCUT2D eigenvalue weighted by Gasteiger charge is 2.13. The fourth-order valence-corrected chi connectivity index (χ4v) is 2.64. The van der Waals surface area contributed by atoms with Gasteiger partial charge < -0.3 is 0 Å². The van der Waals surface area contributed by atoms with E-state index in [2.05, 4.69) is 11.8 Å².